The van der Waals surface area contributed by atoms with E-state index in [0.29, 0.717) is 6.61 Å². The van der Waals surface area contributed by atoms with E-state index in [2.05, 4.69) is 88.0 Å². The Morgan fingerprint density at radius 1 is 0.960 bits per heavy atom. The zero-order chi connectivity index (χ0) is 18.3. The van der Waals surface area contributed by atoms with Gasteiger partial charge in [-0.15, -0.1) is 0 Å². The normalized spacial score (nSPS) is 12.2. The van der Waals surface area contributed by atoms with Crippen molar-refractivity contribution in [2.75, 3.05) is 13.2 Å². The molecule has 134 valence electrons. The van der Waals surface area contributed by atoms with Crippen LogP contribution >= 0.6 is 0 Å². The van der Waals surface area contributed by atoms with Crippen molar-refractivity contribution < 1.29 is 9.53 Å². The summed E-state index contributed by atoms with van der Waals surface area (Å²) in [5.74, 6) is 0. The molecule has 0 aliphatic rings. The van der Waals surface area contributed by atoms with Gasteiger partial charge in [0.2, 0.25) is 0 Å². The largest absolute Gasteiger partial charge is 0.403 e. The Kier molecular flexibility index (Phi) is 6.76. The lowest BCUT2D eigenvalue weighted by atomic mass is 10.2. The fourth-order valence-electron chi connectivity index (χ4n) is 3.37. The molecule has 0 aliphatic carbocycles. The van der Waals surface area contributed by atoms with Gasteiger partial charge in [-0.1, -0.05) is 93.6 Å². The summed E-state index contributed by atoms with van der Waals surface area (Å²) in [7, 11) is -2.47. The first-order chi connectivity index (χ1) is 11.9. The van der Waals surface area contributed by atoms with E-state index in [1.165, 1.54) is 10.4 Å². The molecule has 0 unspecified atom stereocenters. The maximum atomic E-state index is 9.06. The number of aliphatic hydroxyl groups excluding tert-OH is 1. The Balaban J connectivity index is 2.47. The molecule has 2 nitrogen and oxygen atoms in total. The molecular weight excluding hydrogens is 324 g/mol. The number of hydrogen-bond donors (Lipinski definition) is 1. The Morgan fingerprint density at radius 3 is 1.84 bits per heavy atom. The summed E-state index contributed by atoms with van der Waals surface area (Å²) in [6.45, 7) is 11.7. The zero-order valence-electron chi connectivity index (χ0n) is 15.7. The first-order valence-electron chi connectivity index (χ1n) is 8.94. The summed E-state index contributed by atoms with van der Waals surface area (Å²) in [6, 6.07) is 21.3. The second kappa shape index (κ2) is 8.61. The molecule has 0 atom stereocenters. The predicted octanol–water partition coefficient (Wildman–Crippen LogP) is 3.89. The quantitative estimate of drug-likeness (QED) is 0.576. The third kappa shape index (κ3) is 4.49. The lowest BCUT2D eigenvalue weighted by molar-refractivity contribution is 0.281. The average molecular weight is 355 g/mol. The topological polar surface area (TPSA) is 29.5 Å². The molecule has 0 bridgehead atoms. The molecule has 0 saturated heterocycles. The Labute approximate surface area is 153 Å². The fourth-order valence-corrected chi connectivity index (χ4v) is 7.95. The molecule has 0 fully saturated rings. The second-order valence-electron chi connectivity index (χ2n) is 7.53. The van der Waals surface area contributed by atoms with E-state index >= 15 is 0 Å². The van der Waals surface area contributed by atoms with Crippen LogP contribution in [0.2, 0.25) is 5.04 Å². The summed E-state index contributed by atoms with van der Waals surface area (Å²) < 4.78 is 6.78. The molecule has 0 heterocycles. The fraction of sp³-hybridized carbons (Fsp3) is 0.364. The van der Waals surface area contributed by atoms with Crippen LogP contribution in [-0.4, -0.2) is 26.6 Å². The van der Waals surface area contributed by atoms with Gasteiger partial charge < -0.3 is 9.53 Å². The minimum absolute atomic E-state index is 0.0209. The van der Waals surface area contributed by atoms with Gasteiger partial charge in [0.15, 0.2) is 0 Å². The molecule has 0 saturated carbocycles. The summed E-state index contributed by atoms with van der Waals surface area (Å²) >= 11 is 0. The minimum atomic E-state index is -2.47. The van der Waals surface area contributed by atoms with Crippen LogP contribution in [0.5, 0.6) is 0 Å². The highest BCUT2D eigenvalue weighted by Gasteiger charge is 2.50. The van der Waals surface area contributed by atoms with Gasteiger partial charge in [0.25, 0.3) is 8.32 Å². The van der Waals surface area contributed by atoms with Crippen molar-refractivity contribution >= 4 is 18.7 Å². The molecule has 0 aromatic heterocycles. The van der Waals surface area contributed by atoms with Crippen molar-refractivity contribution in [1.82, 2.24) is 0 Å². The van der Waals surface area contributed by atoms with Crippen LogP contribution in [0.4, 0.5) is 0 Å². The Bertz CT molecular complexity index is 620. The van der Waals surface area contributed by atoms with E-state index in [0.717, 1.165) is 18.4 Å². The van der Waals surface area contributed by atoms with Gasteiger partial charge in [-0.05, 0) is 28.3 Å². The van der Waals surface area contributed by atoms with Gasteiger partial charge in [0.05, 0.1) is 6.61 Å². The molecule has 0 aliphatic heterocycles. The van der Waals surface area contributed by atoms with E-state index in [4.69, 9.17) is 9.53 Å². The number of benzene rings is 2. The minimum Gasteiger partial charge on any atom is -0.403 e. The van der Waals surface area contributed by atoms with Crippen LogP contribution < -0.4 is 10.4 Å². The average Bonchev–Trinajstić information content (AvgIpc) is 2.61. The van der Waals surface area contributed by atoms with Gasteiger partial charge in [-0.2, -0.15) is 0 Å². The summed E-state index contributed by atoms with van der Waals surface area (Å²) in [5, 5.41) is 11.6. The molecule has 1 N–H and O–H groups in total. The zero-order valence-corrected chi connectivity index (χ0v) is 16.7. The van der Waals surface area contributed by atoms with E-state index < -0.39 is 8.32 Å². The van der Waals surface area contributed by atoms with Crippen molar-refractivity contribution in [3.63, 3.8) is 0 Å². The van der Waals surface area contributed by atoms with E-state index in [-0.39, 0.29) is 11.6 Å². The van der Waals surface area contributed by atoms with Crippen LogP contribution in [0.15, 0.2) is 72.8 Å². The maximum absolute atomic E-state index is 9.06. The number of hydrogen-bond acceptors (Lipinski definition) is 2. The highest BCUT2D eigenvalue weighted by molar-refractivity contribution is 6.99. The van der Waals surface area contributed by atoms with Crippen molar-refractivity contribution in [3.8, 4) is 0 Å². The molecule has 2 aromatic rings. The number of rotatable bonds is 8. The van der Waals surface area contributed by atoms with Crippen LogP contribution in [0, 0.1) is 0 Å². The molecule has 0 radical (unpaired) electrons. The van der Waals surface area contributed by atoms with Gasteiger partial charge in [-0.3, -0.25) is 0 Å². The summed E-state index contributed by atoms with van der Waals surface area (Å²) in [5.41, 5.74) is 1.04. The van der Waals surface area contributed by atoms with Gasteiger partial charge >= 0.3 is 0 Å². The molecule has 3 heteroatoms. The molecule has 2 rings (SSSR count). The van der Waals surface area contributed by atoms with Crippen LogP contribution in [0.1, 0.15) is 33.6 Å². The third-order valence-corrected chi connectivity index (χ3v) is 9.58. The standard InChI is InChI=1S/C22H30O2Si/c1-19(12-11-17-23)18-24-25(22(2,3)4,20-13-7-5-8-14-20)21-15-9-6-10-16-21/h5-10,13-16,23H,1,11-12,17-18H2,2-4H3. The SMILES string of the molecule is C=C(CCCO)CO[Si](c1ccccc1)(c1ccccc1)C(C)(C)C. The predicted molar refractivity (Wildman–Crippen MR) is 109 cm³/mol. The summed E-state index contributed by atoms with van der Waals surface area (Å²) in [4.78, 5) is 0. The van der Waals surface area contributed by atoms with Crippen LogP contribution in [0.3, 0.4) is 0 Å². The maximum Gasteiger partial charge on any atom is 0.261 e. The van der Waals surface area contributed by atoms with E-state index in [9.17, 15) is 0 Å². The third-order valence-electron chi connectivity index (χ3n) is 4.60. The van der Waals surface area contributed by atoms with Crippen molar-refractivity contribution in [3.05, 3.63) is 72.8 Å². The molecule has 25 heavy (non-hydrogen) atoms. The second-order valence-corrected chi connectivity index (χ2v) is 11.8. The summed E-state index contributed by atoms with van der Waals surface area (Å²) in [6.07, 6.45) is 1.54. The lowest BCUT2D eigenvalue weighted by Gasteiger charge is -2.43. The highest BCUT2D eigenvalue weighted by Crippen LogP contribution is 2.37. The van der Waals surface area contributed by atoms with Crippen molar-refractivity contribution in [2.24, 2.45) is 0 Å². The monoisotopic (exact) mass is 354 g/mol. The first kappa shape index (κ1) is 19.6. The van der Waals surface area contributed by atoms with Gasteiger partial charge in [-0.25, -0.2) is 0 Å². The van der Waals surface area contributed by atoms with E-state index in [1.807, 2.05) is 0 Å². The first-order valence-corrected chi connectivity index (χ1v) is 10.8. The van der Waals surface area contributed by atoms with Gasteiger partial charge in [0, 0.05) is 6.61 Å². The van der Waals surface area contributed by atoms with Crippen LogP contribution in [0.25, 0.3) is 0 Å². The molecule has 0 spiro atoms. The molecule has 2 aromatic carbocycles. The van der Waals surface area contributed by atoms with Crippen molar-refractivity contribution in [1.29, 1.82) is 0 Å². The van der Waals surface area contributed by atoms with E-state index in [1.54, 1.807) is 0 Å². The number of aliphatic hydroxyl groups is 1. The van der Waals surface area contributed by atoms with Crippen molar-refractivity contribution in [2.45, 2.75) is 38.7 Å². The smallest absolute Gasteiger partial charge is 0.261 e. The highest BCUT2D eigenvalue weighted by atomic mass is 28.4. The molecule has 0 amide bonds. The van der Waals surface area contributed by atoms with Crippen LogP contribution in [-0.2, 0) is 4.43 Å². The molecular formula is C22H30O2Si. The lowest BCUT2D eigenvalue weighted by Crippen LogP contribution is -2.66. The Morgan fingerprint density at radius 2 is 1.44 bits per heavy atom. The van der Waals surface area contributed by atoms with Gasteiger partial charge in [0.1, 0.15) is 0 Å². The Hall–Kier alpha value is -1.68.